The van der Waals surface area contributed by atoms with Crippen molar-refractivity contribution in [2.75, 3.05) is 17.6 Å². The summed E-state index contributed by atoms with van der Waals surface area (Å²) in [4.78, 5) is 0. The molecule has 0 bridgehead atoms. The predicted octanol–water partition coefficient (Wildman–Crippen LogP) is 2.40. The molecule has 0 aliphatic heterocycles. The fourth-order valence-electron chi connectivity index (χ4n) is 0.806. The molecule has 0 aromatic rings. The zero-order valence-corrected chi connectivity index (χ0v) is 9.96. The standard InChI is InChI=1S/C9H17IO2/c1-9(2,7-10)12-6-5-11-8-3-4-8/h8H,3-7H2,1-2H3. The van der Waals surface area contributed by atoms with Crippen LogP contribution in [0, 0.1) is 0 Å². The zero-order valence-electron chi connectivity index (χ0n) is 7.81. The van der Waals surface area contributed by atoms with Gasteiger partial charge >= 0.3 is 0 Å². The molecule has 0 saturated heterocycles. The highest BCUT2D eigenvalue weighted by atomic mass is 127. The Labute approximate surface area is 88.1 Å². The van der Waals surface area contributed by atoms with Crippen molar-refractivity contribution >= 4 is 22.6 Å². The van der Waals surface area contributed by atoms with Crippen LogP contribution >= 0.6 is 22.6 Å². The summed E-state index contributed by atoms with van der Waals surface area (Å²) in [6.45, 7) is 5.70. The maximum absolute atomic E-state index is 5.62. The van der Waals surface area contributed by atoms with Crippen LogP contribution in [0.15, 0.2) is 0 Å². The molecule has 0 atom stereocenters. The van der Waals surface area contributed by atoms with Crippen molar-refractivity contribution in [3.05, 3.63) is 0 Å². The number of hydrogen-bond acceptors (Lipinski definition) is 2. The lowest BCUT2D eigenvalue weighted by molar-refractivity contribution is -0.0335. The van der Waals surface area contributed by atoms with Crippen molar-refractivity contribution in [2.24, 2.45) is 0 Å². The summed E-state index contributed by atoms with van der Waals surface area (Å²) >= 11 is 2.34. The number of ether oxygens (including phenoxy) is 2. The van der Waals surface area contributed by atoms with E-state index in [-0.39, 0.29) is 5.60 Å². The molecule has 1 aliphatic rings. The first-order valence-corrected chi connectivity index (χ1v) is 5.98. The quantitative estimate of drug-likeness (QED) is 0.423. The minimum Gasteiger partial charge on any atom is -0.376 e. The van der Waals surface area contributed by atoms with E-state index < -0.39 is 0 Å². The third-order valence-electron chi connectivity index (χ3n) is 1.78. The van der Waals surface area contributed by atoms with Crippen LogP contribution in [0.3, 0.4) is 0 Å². The Morgan fingerprint density at radius 2 is 2.00 bits per heavy atom. The van der Waals surface area contributed by atoms with Crippen LogP contribution < -0.4 is 0 Å². The second-order valence-electron chi connectivity index (χ2n) is 3.81. The van der Waals surface area contributed by atoms with E-state index in [2.05, 4.69) is 36.4 Å². The molecule has 0 unspecified atom stereocenters. The lowest BCUT2D eigenvalue weighted by Crippen LogP contribution is -2.28. The lowest BCUT2D eigenvalue weighted by Gasteiger charge is -2.22. The molecule has 0 N–H and O–H groups in total. The molecule has 0 heterocycles. The first kappa shape index (κ1) is 10.7. The van der Waals surface area contributed by atoms with Gasteiger partial charge in [-0.3, -0.25) is 0 Å². The molecule has 72 valence electrons. The second-order valence-corrected chi connectivity index (χ2v) is 4.57. The number of hydrogen-bond donors (Lipinski definition) is 0. The van der Waals surface area contributed by atoms with Gasteiger partial charge in [-0.2, -0.15) is 0 Å². The smallest absolute Gasteiger partial charge is 0.0716 e. The van der Waals surface area contributed by atoms with Crippen LogP contribution in [0.25, 0.3) is 0 Å². The van der Waals surface area contributed by atoms with Crippen LogP contribution in [0.4, 0.5) is 0 Å². The third kappa shape index (κ3) is 4.62. The molecule has 1 aliphatic carbocycles. The fraction of sp³-hybridized carbons (Fsp3) is 1.00. The molecular formula is C9H17IO2. The van der Waals surface area contributed by atoms with Crippen LogP contribution in [-0.2, 0) is 9.47 Å². The Bertz CT molecular complexity index is 132. The maximum atomic E-state index is 5.62. The highest BCUT2D eigenvalue weighted by molar-refractivity contribution is 14.1. The van der Waals surface area contributed by atoms with Crippen molar-refractivity contribution in [3.8, 4) is 0 Å². The summed E-state index contributed by atoms with van der Waals surface area (Å²) in [5, 5.41) is 0. The lowest BCUT2D eigenvalue weighted by atomic mass is 10.2. The maximum Gasteiger partial charge on any atom is 0.0716 e. The van der Waals surface area contributed by atoms with Gasteiger partial charge < -0.3 is 9.47 Å². The molecule has 12 heavy (non-hydrogen) atoms. The topological polar surface area (TPSA) is 18.5 Å². The molecule has 2 nitrogen and oxygen atoms in total. The van der Waals surface area contributed by atoms with Gasteiger partial charge in [0, 0.05) is 4.43 Å². The summed E-state index contributed by atoms with van der Waals surface area (Å²) in [5.74, 6) is 0. The van der Waals surface area contributed by atoms with Crippen LogP contribution in [0.1, 0.15) is 26.7 Å². The summed E-state index contributed by atoms with van der Waals surface area (Å²) in [5.41, 5.74) is 0.00741. The Kier molecular flexibility index (Phi) is 4.26. The van der Waals surface area contributed by atoms with Gasteiger partial charge in [0.1, 0.15) is 0 Å². The van der Waals surface area contributed by atoms with E-state index in [0.29, 0.717) is 6.10 Å². The summed E-state index contributed by atoms with van der Waals surface area (Å²) in [6, 6.07) is 0. The van der Waals surface area contributed by atoms with E-state index in [1.165, 1.54) is 12.8 Å². The van der Waals surface area contributed by atoms with Crippen molar-refractivity contribution in [3.63, 3.8) is 0 Å². The highest BCUT2D eigenvalue weighted by Gasteiger charge is 2.22. The van der Waals surface area contributed by atoms with Crippen molar-refractivity contribution in [1.82, 2.24) is 0 Å². The van der Waals surface area contributed by atoms with E-state index >= 15 is 0 Å². The number of rotatable bonds is 6. The average molecular weight is 284 g/mol. The molecular weight excluding hydrogens is 267 g/mol. The van der Waals surface area contributed by atoms with E-state index in [1.807, 2.05) is 0 Å². The number of alkyl halides is 1. The van der Waals surface area contributed by atoms with E-state index in [4.69, 9.17) is 9.47 Å². The fourth-order valence-corrected chi connectivity index (χ4v) is 1.03. The van der Waals surface area contributed by atoms with Gasteiger partial charge in [-0.25, -0.2) is 0 Å². The molecule has 0 radical (unpaired) electrons. The zero-order chi connectivity index (χ0) is 9.03. The van der Waals surface area contributed by atoms with E-state index in [9.17, 15) is 0 Å². The van der Waals surface area contributed by atoms with Crippen molar-refractivity contribution in [2.45, 2.75) is 38.4 Å². The largest absolute Gasteiger partial charge is 0.376 e. The van der Waals surface area contributed by atoms with Crippen LogP contribution in [-0.4, -0.2) is 29.3 Å². The molecule has 1 rings (SSSR count). The van der Waals surface area contributed by atoms with Crippen molar-refractivity contribution in [1.29, 1.82) is 0 Å². The van der Waals surface area contributed by atoms with Gasteiger partial charge in [0.15, 0.2) is 0 Å². The van der Waals surface area contributed by atoms with Gasteiger partial charge in [0.2, 0.25) is 0 Å². The molecule has 0 aromatic heterocycles. The summed E-state index contributed by atoms with van der Waals surface area (Å²) in [7, 11) is 0. The molecule has 1 saturated carbocycles. The Hall–Kier alpha value is 0.650. The van der Waals surface area contributed by atoms with E-state index in [1.54, 1.807) is 0 Å². The average Bonchev–Trinajstić information content (AvgIpc) is 2.82. The first-order valence-electron chi connectivity index (χ1n) is 4.45. The van der Waals surface area contributed by atoms with E-state index in [0.717, 1.165) is 17.6 Å². The molecule has 3 heteroatoms. The summed E-state index contributed by atoms with van der Waals surface area (Å²) in [6.07, 6.45) is 3.04. The molecule has 0 aromatic carbocycles. The second kappa shape index (κ2) is 4.77. The van der Waals surface area contributed by atoms with Gasteiger partial charge in [-0.1, -0.05) is 22.6 Å². The Morgan fingerprint density at radius 3 is 2.50 bits per heavy atom. The van der Waals surface area contributed by atoms with Crippen molar-refractivity contribution < 1.29 is 9.47 Å². The van der Waals surface area contributed by atoms with Gasteiger partial charge in [0.05, 0.1) is 24.9 Å². The third-order valence-corrected chi connectivity index (χ3v) is 3.61. The molecule has 0 amide bonds. The normalized spacial score (nSPS) is 18.2. The van der Waals surface area contributed by atoms with Gasteiger partial charge in [-0.15, -0.1) is 0 Å². The minimum atomic E-state index is 0.00741. The van der Waals surface area contributed by atoms with Crippen LogP contribution in [0.2, 0.25) is 0 Å². The Balaban J connectivity index is 1.92. The SMILES string of the molecule is CC(C)(CI)OCCOC1CC1. The monoisotopic (exact) mass is 284 g/mol. The first-order chi connectivity index (χ1) is 5.64. The molecule has 1 fully saturated rings. The van der Waals surface area contributed by atoms with Gasteiger partial charge in [0.25, 0.3) is 0 Å². The van der Waals surface area contributed by atoms with Gasteiger partial charge in [-0.05, 0) is 26.7 Å². The number of halogens is 1. The predicted molar refractivity (Wildman–Crippen MR) is 57.9 cm³/mol. The molecule has 0 spiro atoms. The minimum absolute atomic E-state index is 0.00741. The van der Waals surface area contributed by atoms with Crippen LogP contribution in [0.5, 0.6) is 0 Å². The Morgan fingerprint density at radius 1 is 1.33 bits per heavy atom. The highest BCUT2D eigenvalue weighted by Crippen LogP contribution is 2.23. The summed E-state index contributed by atoms with van der Waals surface area (Å²) < 4.78 is 12.1.